The summed E-state index contributed by atoms with van der Waals surface area (Å²) < 4.78 is 39.0. The summed E-state index contributed by atoms with van der Waals surface area (Å²) in [5.74, 6) is 0. The van der Waals surface area contributed by atoms with E-state index < -0.39 is 17.3 Å². The highest BCUT2D eigenvalue weighted by atomic mass is 19.4. The van der Waals surface area contributed by atoms with Crippen LogP contribution in [0, 0.1) is 0 Å². The van der Waals surface area contributed by atoms with Gasteiger partial charge in [-0.2, -0.15) is 13.2 Å². The molecule has 0 spiro atoms. The maximum Gasteiger partial charge on any atom is 0.416 e. The molecule has 0 unspecified atom stereocenters. The van der Waals surface area contributed by atoms with Crippen LogP contribution >= 0.6 is 0 Å². The first kappa shape index (κ1) is 15.1. The van der Waals surface area contributed by atoms with Crippen molar-refractivity contribution in [3.8, 4) is 0 Å². The average molecular weight is 288 g/mol. The molecular formula is C14H19F3N2O. The molecule has 20 heavy (non-hydrogen) atoms. The Morgan fingerprint density at radius 1 is 1.30 bits per heavy atom. The molecule has 3 N–H and O–H groups in total. The zero-order valence-corrected chi connectivity index (χ0v) is 11.4. The minimum atomic E-state index is -4.40. The van der Waals surface area contributed by atoms with E-state index in [2.05, 4.69) is 0 Å². The largest absolute Gasteiger partial charge is 0.416 e. The van der Waals surface area contributed by atoms with Gasteiger partial charge in [-0.05, 0) is 37.5 Å². The fraction of sp³-hybridized carbons (Fsp3) is 0.571. The van der Waals surface area contributed by atoms with Crippen molar-refractivity contribution in [2.75, 3.05) is 18.0 Å². The highest BCUT2D eigenvalue weighted by molar-refractivity contribution is 5.52. The summed E-state index contributed by atoms with van der Waals surface area (Å²) in [5, 5.41) is 9.88. The highest BCUT2D eigenvalue weighted by Gasteiger charge is 2.34. The van der Waals surface area contributed by atoms with Crippen LogP contribution in [0.2, 0.25) is 0 Å². The van der Waals surface area contributed by atoms with Gasteiger partial charge in [0.1, 0.15) is 0 Å². The molecule has 1 aliphatic heterocycles. The third-order valence-electron chi connectivity index (χ3n) is 3.82. The molecule has 2 rings (SSSR count). The Hall–Kier alpha value is -1.27. The van der Waals surface area contributed by atoms with E-state index >= 15 is 0 Å². The molecule has 0 amide bonds. The normalized spacial score (nSPS) is 19.2. The first-order valence-electron chi connectivity index (χ1n) is 6.60. The Balaban J connectivity index is 2.26. The maximum absolute atomic E-state index is 13.0. The number of benzene rings is 1. The zero-order valence-electron chi connectivity index (χ0n) is 11.4. The molecule has 3 nitrogen and oxygen atoms in total. The number of hydrogen-bond acceptors (Lipinski definition) is 3. The van der Waals surface area contributed by atoms with Gasteiger partial charge in [-0.3, -0.25) is 0 Å². The Morgan fingerprint density at radius 2 is 1.90 bits per heavy atom. The molecule has 1 aromatic carbocycles. The SMILES string of the molecule is CC1(O)CCN(c2ccc(CN)c(C(F)(F)F)c2)CC1. The van der Waals surface area contributed by atoms with Crippen molar-refractivity contribution in [1.29, 1.82) is 0 Å². The fourth-order valence-electron chi connectivity index (χ4n) is 2.45. The molecule has 112 valence electrons. The van der Waals surface area contributed by atoms with Gasteiger partial charge in [0.15, 0.2) is 0 Å². The van der Waals surface area contributed by atoms with Crippen LogP contribution in [0.3, 0.4) is 0 Å². The topological polar surface area (TPSA) is 49.5 Å². The van der Waals surface area contributed by atoms with Crippen LogP contribution in [0.1, 0.15) is 30.9 Å². The number of halogens is 3. The molecule has 1 heterocycles. The quantitative estimate of drug-likeness (QED) is 0.879. The Bertz CT molecular complexity index is 476. The van der Waals surface area contributed by atoms with Crippen molar-refractivity contribution in [1.82, 2.24) is 0 Å². The summed E-state index contributed by atoms with van der Waals surface area (Å²) in [6.45, 7) is 2.71. The Labute approximate surface area is 116 Å². The Kier molecular flexibility index (Phi) is 3.97. The summed E-state index contributed by atoms with van der Waals surface area (Å²) in [6, 6.07) is 4.25. The van der Waals surface area contributed by atoms with Crippen molar-refractivity contribution in [2.45, 2.75) is 38.1 Å². The van der Waals surface area contributed by atoms with Crippen molar-refractivity contribution in [3.05, 3.63) is 29.3 Å². The molecule has 1 aliphatic rings. The molecule has 0 bridgehead atoms. The molecule has 0 radical (unpaired) electrons. The van der Waals surface area contributed by atoms with E-state index in [0.717, 1.165) is 6.07 Å². The number of alkyl halides is 3. The molecule has 0 atom stereocenters. The lowest BCUT2D eigenvalue weighted by molar-refractivity contribution is -0.138. The second-order valence-corrected chi connectivity index (χ2v) is 5.53. The van der Waals surface area contributed by atoms with E-state index in [9.17, 15) is 18.3 Å². The minimum absolute atomic E-state index is 0.102. The second-order valence-electron chi connectivity index (χ2n) is 5.53. The molecule has 0 aromatic heterocycles. The van der Waals surface area contributed by atoms with Gasteiger partial charge in [0, 0.05) is 25.3 Å². The van der Waals surface area contributed by atoms with Crippen LogP contribution in [0.5, 0.6) is 0 Å². The summed E-state index contributed by atoms with van der Waals surface area (Å²) >= 11 is 0. The van der Waals surface area contributed by atoms with Crippen LogP contribution < -0.4 is 10.6 Å². The van der Waals surface area contributed by atoms with Crippen LogP contribution in [0.25, 0.3) is 0 Å². The van der Waals surface area contributed by atoms with Gasteiger partial charge in [-0.15, -0.1) is 0 Å². The summed E-state index contributed by atoms with van der Waals surface area (Å²) in [4.78, 5) is 1.87. The average Bonchev–Trinajstić information content (AvgIpc) is 2.37. The molecule has 0 aliphatic carbocycles. The second kappa shape index (κ2) is 5.26. The first-order chi connectivity index (χ1) is 9.23. The lowest BCUT2D eigenvalue weighted by Crippen LogP contribution is -2.42. The first-order valence-corrected chi connectivity index (χ1v) is 6.60. The third-order valence-corrected chi connectivity index (χ3v) is 3.82. The van der Waals surface area contributed by atoms with Gasteiger partial charge in [-0.25, -0.2) is 0 Å². The van der Waals surface area contributed by atoms with Crippen LogP contribution in [-0.4, -0.2) is 23.8 Å². The van der Waals surface area contributed by atoms with Gasteiger partial charge in [-0.1, -0.05) is 6.07 Å². The molecule has 0 saturated carbocycles. The van der Waals surface area contributed by atoms with Crippen molar-refractivity contribution < 1.29 is 18.3 Å². The number of rotatable bonds is 2. The molecule has 6 heteroatoms. The predicted molar refractivity (Wildman–Crippen MR) is 71.4 cm³/mol. The standard InChI is InChI=1S/C14H19F3N2O/c1-13(20)4-6-19(7-5-13)11-3-2-10(9-18)12(8-11)14(15,16)17/h2-3,8,20H,4-7,9,18H2,1H3. The molecular weight excluding hydrogens is 269 g/mol. The zero-order chi connectivity index (χ0) is 15.0. The van der Waals surface area contributed by atoms with Crippen molar-refractivity contribution >= 4 is 5.69 Å². The fourth-order valence-corrected chi connectivity index (χ4v) is 2.45. The summed E-state index contributed by atoms with van der Waals surface area (Å²) in [5.41, 5.74) is 4.61. The van der Waals surface area contributed by atoms with Crippen molar-refractivity contribution in [2.24, 2.45) is 5.73 Å². The predicted octanol–water partition coefficient (Wildman–Crippen LogP) is 2.52. The lowest BCUT2D eigenvalue weighted by atomic mass is 9.93. The van der Waals surface area contributed by atoms with E-state index in [4.69, 9.17) is 5.73 Å². The van der Waals surface area contributed by atoms with E-state index in [0.29, 0.717) is 31.6 Å². The maximum atomic E-state index is 13.0. The van der Waals surface area contributed by atoms with Gasteiger partial charge in [0.25, 0.3) is 0 Å². The number of hydrogen-bond donors (Lipinski definition) is 2. The summed E-state index contributed by atoms with van der Waals surface area (Å²) in [7, 11) is 0. The van der Waals surface area contributed by atoms with Gasteiger partial charge < -0.3 is 15.7 Å². The van der Waals surface area contributed by atoms with E-state index in [1.165, 1.54) is 6.07 Å². The molecule has 1 aromatic rings. The molecule has 1 saturated heterocycles. The van der Waals surface area contributed by atoms with E-state index in [1.807, 2.05) is 4.90 Å². The monoisotopic (exact) mass is 288 g/mol. The number of piperidine rings is 1. The van der Waals surface area contributed by atoms with Gasteiger partial charge >= 0.3 is 6.18 Å². The van der Waals surface area contributed by atoms with Crippen LogP contribution in [-0.2, 0) is 12.7 Å². The lowest BCUT2D eigenvalue weighted by Gasteiger charge is -2.37. The minimum Gasteiger partial charge on any atom is -0.390 e. The number of nitrogens with zero attached hydrogens (tertiary/aromatic N) is 1. The summed E-state index contributed by atoms with van der Waals surface area (Å²) in [6.07, 6.45) is -3.30. The number of nitrogens with two attached hydrogens (primary N) is 1. The van der Waals surface area contributed by atoms with E-state index in [-0.39, 0.29) is 12.1 Å². The van der Waals surface area contributed by atoms with Crippen molar-refractivity contribution in [3.63, 3.8) is 0 Å². The number of anilines is 1. The smallest absolute Gasteiger partial charge is 0.390 e. The van der Waals surface area contributed by atoms with Gasteiger partial charge in [0.05, 0.1) is 11.2 Å². The highest BCUT2D eigenvalue weighted by Crippen LogP contribution is 2.35. The molecule has 1 fully saturated rings. The van der Waals surface area contributed by atoms with Crippen LogP contribution in [0.15, 0.2) is 18.2 Å². The van der Waals surface area contributed by atoms with Gasteiger partial charge in [0.2, 0.25) is 0 Å². The number of aliphatic hydroxyl groups is 1. The Morgan fingerprint density at radius 3 is 2.40 bits per heavy atom. The van der Waals surface area contributed by atoms with Crippen LogP contribution in [0.4, 0.5) is 18.9 Å². The third kappa shape index (κ3) is 3.24. The van der Waals surface area contributed by atoms with E-state index in [1.54, 1.807) is 13.0 Å².